The number of anilines is 3. The van der Waals surface area contributed by atoms with Crippen LogP contribution in [0.15, 0.2) is 144 Å². The van der Waals surface area contributed by atoms with Crippen molar-refractivity contribution in [3.05, 3.63) is 145 Å². The Labute approximate surface area is 229 Å². The molecule has 0 saturated carbocycles. The van der Waals surface area contributed by atoms with E-state index in [9.17, 15) is 4.39 Å². The van der Waals surface area contributed by atoms with Crippen LogP contribution in [0.5, 0.6) is 0 Å². The van der Waals surface area contributed by atoms with Crippen molar-refractivity contribution in [2.24, 2.45) is 0 Å². The summed E-state index contributed by atoms with van der Waals surface area (Å²) in [6.07, 6.45) is 0. The van der Waals surface area contributed by atoms with E-state index in [0.29, 0.717) is 0 Å². The number of furan rings is 1. The smallest absolute Gasteiger partial charge is 0.161 e. The van der Waals surface area contributed by atoms with Crippen LogP contribution in [0.2, 0.25) is 0 Å². The molecule has 0 unspecified atom stereocenters. The van der Waals surface area contributed by atoms with Gasteiger partial charge < -0.3 is 13.9 Å². The molecule has 0 saturated heterocycles. The first kappa shape index (κ1) is 22.6. The number of para-hydroxylation sites is 3. The summed E-state index contributed by atoms with van der Waals surface area (Å²) >= 11 is 0. The summed E-state index contributed by atoms with van der Waals surface area (Å²) in [6, 6.07) is 46.2. The van der Waals surface area contributed by atoms with E-state index >= 15 is 0 Å². The Balaban J connectivity index is 1.48. The summed E-state index contributed by atoms with van der Waals surface area (Å²) in [5.41, 5.74) is 7.56. The fourth-order valence-electron chi connectivity index (χ4n) is 5.90. The van der Waals surface area contributed by atoms with Gasteiger partial charge in [-0.3, -0.25) is 0 Å². The lowest BCUT2D eigenvalue weighted by molar-refractivity contribution is 0.628. The molecule has 190 valence electrons. The SMILES string of the molecule is Fc1ccc(N(c2cccc3ccccc23)c2cccc3c2oc2c4ccccc4n(-c4ccccc4)c32)cc1. The Morgan fingerprint density at radius 2 is 1.18 bits per heavy atom. The monoisotopic (exact) mass is 518 g/mol. The number of hydrogen-bond acceptors (Lipinski definition) is 2. The van der Waals surface area contributed by atoms with Crippen molar-refractivity contribution >= 4 is 60.8 Å². The van der Waals surface area contributed by atoms with Gasteiger partial charge in [0, 0.05) is 27.5 Å². The second-order valence-electron chi connectivity index (χ2n) is 9.93. The topological polar surface area (TPSA) is 21.3 Å². The number of nitrogens with zero attached hydrogens (tertiary/aromatic N) is 2. The molecular formula is C36H23FN2O. The number of halogens is 1. The molecule has 0 radical (unpaired) electrons. The van der Waals surface area contributed by atoms with Gasteiger partial charge in [-0.05, 0) is 72.1 Å². The number of rotatable bonds is 4. The maximum absolute atomic E-state index is 14.1. The van der Waals surface area contributed by atoms with E-state index < -0.39 is 0 Å². The van der Waals surface area contributed by atoms with E-state index in [1.807, 2.05) is 36.4 Å². The third-order valence-electron chi connectivity index (χ3n) is 7.63. The van der Waals surface area contributed by atoms with Crippen LogP contribution in [-0.2, 0) is 0 Å². The molecule has 2 heterocycles. The highest BCUT2D eigenvalue weighted by Crippen LogP contribution is 2.46. The third-order valence-corrected chi connectivity index (χ3v) is 7.63. The first-order valence-electron chi connectivity index (χ1n) is 13.3. The molecule has 0 fully saturated rings. The van der Waals surface area contributed by atoms with Crippen molar-refractivity contribution in [2.75, 3.05) is 4.90 Å². The Kier molecular flexibility index (Phi) is 5.01. The summed E-state index contributed by atoms with van der Waals surface area (Å²) in [5.74, 6) is -0.271. The number of aromatic nitrogens is 1. The lowest BCUT2D eigenvalue weighted by Gasteiger charge is -2.27. The molecule has 0 atom stereocenters. The van der Waals surface area contributed by atoms with Crippen LogP contribution in [0.1, 0.15) is 0 Å². The number of fused-ring (bicyclic) bond motifs is 6. The average Bonchev–Trinajstić information content (AvgIpc) is 3.54. The van der Waals surface area contributed by atoms with Crippen LogP contribution in [0.25, 0.3) is 49.4 Å². The quantitative estimate of drug-likeness (QED) is 0.231. The highest BCUT2D eigenvalue weighted by Gasteiger charge is 2.24. The molecule has 0 spiro atoms. The standard InChI is InChI=1S/C36H23FN2O/c37-25-20-22-27(23-21-25)38(31-18-8-11-24-10-4-5-14-28(24)31)33-19-9-16-30-34-36(40-35(30)33)29-15-6-7-17-32(29)39(34)26-12-2-1-3-13-26/h1-23H. The van der Waals surface area contributed by atoms with Gasteiger partial charge in [0.05, 0.1) is 16.9 Å². The van der Waals surface area contributed by atoms with Crippen molar-refractivity contribution in [3.8, 4) is 5.69 Å². The van der Waals surface area contributed by atoms with Crippen LogP contribution in [0.4, 0.5) is 21.5 Å². The fourth-order valence-corrected chi connectivity index (χ4v) is 5.90. The van der Waals surface area contributed by atoms with Gasteiger partial charge in [0.2, 0.25) is 0 Å². The Morgan fingerprint density at radius 1 is 0.525 bits per heavy atom. The molecule has 0 bridgehead atoms. The minimum absolute atomic E-state index is 0.271. The predicted molar refractivity (Wildman–Crippen MR) is 163 cm³/mol. The molecule has 3 nitrogen and oxygen atoms in total. The summed E-state index contributed by atoms with van der Waals surface area (Å²) in [5, 5.41) is 4.30. The average molecular weight is 519 g/mol. The lowest BCUT2D eigenvalue weighted by Crippen LogP contribution is -2.10. The molecule has 0 aliphatic carbocycles. The van der Waals surface area contributed by atoms with Gasteiger partial charge in [0.25, 0.3) is 0 Å². The Hall–Kier alpha value is -5.35. The molecule has 6 aromatic carbocycles. The second kappa shape index (κ2) is 8.85. The predicted octanol–water partition coefficient (Wildman–Crippen LogP) is 10.3. The second-order valence-corrected chi connectivity index (χ2v) is 9.93. The van der Waals surface area contributed by atoms with Gasteiger partial charge in [-0.2, -0.15) is 0 Å². The van der Waals surface area contributed by atoms with Crippen LogP contribution in [0.3, 0.4) is 0 Å². The van der Waals surface area contributed by atoms with Gasteiger partial charge >= 0.3 is 0 Å². The zero-order valence-electron chi connectivity index (χ0n) is 21.5. The Morgan fingerprint density at radius 3 is 2.02 bits per heavy atom. The molecule has 0 aliphatic heterocycles. The maximum atomic E-state index is 14.1. The number of hydrogen-bond donors (Lipinski definition) is 0. The van der Waals surface area contributed by atoms with Crippen molar-refractivity contribution < 1.29 is 8.81 Å². The van der Waals surface area contributed by atoms with Crippen molar-refractivity contribution in [1.29, 1.82) is 0 Å². The van der Waals surface area contributed by atoms with Gasteiger partial charge in [-0.1, -0.05) is 72.8 Å². The molecule has 4 heteroatoms. The van der Waals surface area contributed by atoms with Crippen molar-refractivity contribution in [1.82, 2.24) is 4.57 Å². The minimum Gasteiger partial charge on any atom is -0.451 e. The first-order valence-corrected chi connectivity index (χ1v) is 13.3. The van der Waals surface area contributed by atoms with Gasteiger partial charge in [0.1, 0.15) is 11.3 Å². The summed E-state index contributed by atoms with van der Waals surface area (Å²) < 4.78 is 23.2. The first-order chi connectivity index (χ1) is 19.8. The molecule has 0 N–H and O–H groups in total. The zero-order valence-corrected chi connectivity index (χ0v) is 21.5. The Bertz CT molecular complexity index is 2170. The van der Waals surface area contributed by atoms with Crippen LogP contribution in [-0.4, -0.2) is 4.57 Å². The van der Waals surface area contributed by atoms with Crippen LogP contribution >= 0.6 is 0 Å². The van der Waals surface area contributed by atoms with E-state index in [-0.39, 0.29) is 5.82 Å². The molecule has 0 aliphatic rings. The highest BCUT2D eigenvalue weighted by atomic mass is 19.1. The molecule has 8 rings (SSSR count). The third kappa shape index (κ3) is 3.36. The normalized spacial score (nSPS) is 11.6. The summed E-state index contributed by atoms with van der Waals surface area (Å²) in [6.45, 7) is 0. The van der Waals surface area contributed by atoms with Crippen molar-refractivity contribution in [3.63, 3.8) is 0 Å². The fraction of sp³-hybridized carbons (Fsp3) is 0. The molecule has 8 aromatic rings. The van der Waals surface area contributed by atoms with Crippen LogP contribution < -0.4 is 4.90 Å². The van der Waals surface area contributed by atoms with E-state index in [1.54, 1.807) is 0 Å². The van der Waals surface area contributed by atoms with Gasteiger partial charge in [-0.15, -0.1) is 0 Å². The van der Waals surface area contributed by atoms with Gasteiger partial charge in [-0.25, -0.2) is 4.39 Å². The van der Waals surface area contributed by atoms with E-state index in [2.05, 4.69) is 100 Å². The van der Waals surface area contributed by atoms with E-state index in [1.165, 1.54) is 12.1 Å². The van der Waals surface area contributed by atoms with Crippen LogP contribution in [0, 0.1) is 5.82 Å². The molecular weight excluding hydrogens is 495 g/mol. The van der Waals surface area contributed by atoms with E-state index in [4.69, 9.17) is 4.42 Å². The number of benzene rings is 6. The molecule has 2 aromatic heterocycles. The maximum Gasteiger partial charge on any atom is 0.161 e. The minimum atomic E-state index is -0.271. The van der Waals surface area contributed by atoms with E-state index in [0.717, 1.165) is 66.5 Å². The summed E-state index contributed by atoms with van der Waals surface area (Å²) in [7, 11) is 0. The van der Waals surface area contributed by atoms with Gasteiger partial charge in [0.15, 0.2) is 11.2 Å². The largest absolute Gasteiger partial charge is 0.451 e. The zero-order chi connectivity index (χ0) is 26.6. The molecule has 0 amide bonds. The summed E-state index contributed by atoms with van der Waals surface area (Å²) in [4.78, 5) is 2.17. The van der Waals surface area contributed by atoms with Crippen molar-refractivity contribution in [2.45, 2.75) is 0 Å². The highest BCUT2D eigenvalue weighted by molar-refractivity contribution is 6.19. The molecule has 40 heavy (non-hydrogen) atoms. The lowest BCUT2D eigenvalue weighted by atomic mass is 10.1.